The first-order valence-corrected chi connectivity index (χ1v) is 6.48. The van der Waals surface area contributed by atoms with Gasteiger partial charge in [0.05, 0.1) is 11.7 Å². The monoisotopic (exact) mass is 289 g/mol. The number of aromatic nitrogens is 1. The minimum atomic E-state index is -4.36. The summed E-state index contributed by atoms with van der Waals surface area (Å²) in [6.45, 7) is 1.10. The molecule has 0 amide bonds. The zero-order chi connectivity index (χ0) is 14.8. The van der Waals surface area contributed by atoms with Gasteiger partial charge in [0.1, 0.15) is 5.82 Å². The van der Waals surface area contributed by atoms with Gasteiger partial charge < -0.3 is 15.4 Å². The fraction of sp³-hybridized carbons (Fsp3) is 0.615. The second kappa shape index (κ2) is 5.97. The number of methoxy groups -OCH3 is 1. The maximum Gasteiger partial charge on any atom is 0.417 e. The molecule has 0 radical (unpaired) electrons. The fourth-order valence-corrected chi connectivity index (χ4v) is 2.48. The largest absolute Gasteiger partial charge is 0.417 e. The second-order valence-electron chi connectivity index (χ2n) is 4.87. The van der Waals surface area contributed by atoms with Crippen LogP contribution in [0.3, 0.4) is 0 Å². The number of anilines is 1. The second-order valence-corrected chi connectivity index (χ2v) is 4.87. The summed E-state index contributed by atoms with van der Waals surface area (Å²) in [4.78, 5) is 5.88. The zero-order valence-corrected chi connectivity index (χ0v) is 11.2. The predicted octanol–water partition coefficient (Wildman–Crippen LogP) is 2.04. The van der Waals surface area contributed by atoms with E-state index < -0.39 is 11.7 Å². The standard InChI is InChI=1S/C13H18F3N3O/c1-20-11-4-5-19(10(6-11)7-17)12-3-2-9(8-18-12)13(14,15)16/h2-3,8,10-11H,4-7,17H2,1H3. The van der Waals surface area contributed by atoms with E-state index in [-0.39, 0.29) is 12.1 Å². The Bertz CT molecular complexity index is 435. The summed E-state index contributed by atoms with van der Waals surface area (Å²) in [6.07, 6.45) is -1.77. The van der Waals surface area contributed by atoms with Gasteiger partial charge in [-0.1, -0.05) is 0 Å². The summed E-state index contributed by atoms with van der Waals surface area (Å²) in [5, 5.41) is 0. The average Bonchev–Trinajstić information content (AvgIpc) is 2.45. The van der Waals surface area contributed by atoms with Gasteiger partial charge in [0.2, 0.25) is 0 Å². The predicted molar refractivity (Wildman–Crippen MR) is 69.5 cm³/mol. The molecule has 1 fully saturated rings. The number of hydrogen-bond acceptors (Lipinski definition) is 4. The summed E-state index contributed by atoms with van der Waals surface area (Å²) >= 11 is 0. The molecule has 0 spiro atoms. The van der Waals surface area contributed by atoms with E-state index in [1.54, 1.807) is 7.11 Å². The Labute approximate surface area is 115 Å². The van der Waals surface area contributed by atoms with Crippen LogP contribution in [-0.2, 0) is 10.9 Å². The van der Waals surface area contributed by atoms with Crippen LogP contribution in [-0.4, -0.2) is 37.3 Å². The number of rotatable bonds is 3. The molecule has 2 unspecified atom stereocenters. The molecule has 1 aromatic rings. The van der Waals surface area contributed by atoms with Crippen LogP contribution in [0.25, 0.3) is 0 Å². The van der Waals surface area contributed by atoms with E-state index in [2.05, 4.69) is 4.98 Å². The quantitative estimate of drug-likeness (QED) is 0.925. The van der Waals surface area contributed by atoms with Gasteiger partial charge in [0.15, 0.2) is 0 Å². The van der Waals surface area contributed by atoms with E-state index in [1.807, 2.05) is 4.90 Å². The Morgan fingerprint density at radius 1 is 1.45 bits per heavy atom. The number of pyridine rings is 1. The van der Waals surface area contributed by atoms with Crippen molar-refractivity contribution < 1.29 is 17.9 Å². The number of halogens is 3. The lowest BCUT2D eigenvalue weighted by Crippen LogP contribution is -2.49. The van der Waals surface area contributed by atoms with Crippen LogP contribution >= 0.6 is 0 Å². The molecule has 4 nitrogen and oxygen atoms in total. The highest BCUT2D eigenvalue weighted by molar-refractivity contribution is 5.42. The molecule has 7 heteroatoms. The van der Waals surface area contributed by atoms with Crippen LogP contribution in [0.4, 0.5) is 19.0 Å². The lowest BCUT2D eigenvalue weighted by Gasteiger charge is -2.39. The molecule has 0 bridgehead atoms. The molecule has 0 aliphatic carbocycles. The van der Waals surface area contributed by atoms with Crippen molar-refractivity contribution in [3.8, 4) is 0 Å². The number of nitrogens with two attached hydrogens (primary N) is 1. The van der Waals surface area contributed by atoms with Crippen LogP contribution in [0, 0.1) is 0 Å². The number of alkyl halides is 3. The van der Waals surface area contributed by atoms with Crippen LogP contribution in [0.15, 0.2) is 18.3 Å². The fourth-order valence-electron chi connectivity index (χ4n) is 2.48. The molecule has 112 valence electrons. The van der Waals surface area contributed by atoms with Gasteiger partial charge in [-0.3, -0.25) is 0 Å². The minimum Gasteiger partial charge on any atom is -0.381 e. The maximum atomic E-state index is 12.5. The third-order valence-corrected chi connectivity index (χ3v) is 3.64. The van der Waals surface area contributed by atoms with Crippen molar-refractivity contribution in [2.75, 3.05) is 25.1 Å². The first kappa shape index (κ1) is 15.1. The van der Waals surface area contributed by atoms with Gasteiger partial charge >= 0.3 is 6.18 Å². The van der Waals surface area contributed by atoms with Crippen molar-refractivity contribution in [2.45, 2.75) is 31.2 Å². The molecule has 20 heavy (non-hydrogen) atoms. The molecule has 1 saturated heterocycles. The van der Waals surface area contributed by atoms with Crippen LogP contribution < -0.4 is 10.6 Å². The van der Waals surface area contributed by atoms with Crippen molar-refractivity contribution >= 4 is 5.82 Å². The number of ether oxygens (including phenoxy) is 1. The SMILES string of the molecule is COC1CCN(c2ccc(C(F)(F)F)cn2)C(CN)C1. The number of piperidine rings is 1. The lowest BCUT2D eigenvalue weighted by atomic mass is 9.99. The normalized spacial score (nSPS) is 23.9. The van der Waals surface area contributed by atoms with Crippen molar-refractivity contribution in [1.82, 2.24) is 4.98 Å². The van der Waals surface area contributed by atoms with Crippen molar-refractivity contribution in [2.24, 2.45) is 5.73 Å². The van der Waals surface area contributed by atoms with E-state index in [9.17, 15) is 13.2 Å². The van der Waals surface area contributed by atoms with Crippen LogP contribution in [0.5, 0.6) is 0 Å². The van der Waals surface area contributed by atoms with Gasteiger partial charge in [0.25, 0.3) is 0 Å². The Morgan fingerprint density at radius 2 is 2.20 bits per heavy atom. The molecule has 0 aromatic carbocycles. The Hall–Kier alpha value is -1.34. The summed E-state index contributed by atoms with van der Waals surface area (Å²) in [7, 11) is 1.66. The average molecular weight is 289 g/mol. The Kier molecular flexibility index (Phi) is 4.49. The maximum absolute atomic E-state index is 12.5. The van der Waals surface area contributed by atoms with Crippen molar-refractivity contribution in [3.05, 3.63) is 23.9 Å². The van der Waals surface area contributed by atoms with E-state index >= 15 is 0 Å². The van der Waals surface area contributed by atoms with E-state index in [1.165, 1.54) is 6.07 Å². The molecular formula is C13H18F3N3O. The number of nitrogens with zero attached hydrogens (tertiary/aromatic N) is 2. The summed E-state index contributed by atoms with van der Waals surface area (Å²) in [5.74, 6) is 0.531. The smallest absolute Gasteiger partial charge is 0.381 e. The van der Waals surface area contributed by atoms with Crippen molar-refractivity contribution in [1.29, 1.82) is 0 Å². The summed E-state index contributed by atoms with van der Waals surface area (Å²) in [5.41, 5.74) is 5.00. The molecule has 1 aliphatic rings. The molecular weight excluding hydrogens is 271 g/mol. The molecule has 0 saturated carbocycles. The molecule has 1 aliphatic heterocycles. The molecule has 2 rings (SSSR count). The zero-order valence-electron chi connectivity index (χ0n) is 11.2. The molecule has 1 aromatic heterocycles. The Balaban J connectivity index is 2.14. The van der Waals surface area contributed by atoms with Crippen molar-refractivity contribution in [3.63, 3.8) is 0 Å². The van der Waals surface area contributed by atoms with Gasteiger partial charge in [-0.15, -0.1) is 0 Å². The minimum absolute atomic E-state index is 0.0398. The van der Waals surface area contributed by atoms with Gasteiger partial charge in [-0.05, 0) is 25.0 Å². The Morgan fingerprint density at radius 3 is 2.70 bits per heavy atom. The lowest BCUT2D eigenvalue weighted by molar-refractivity contribution is -0.137. The molecule has 2 atom stereocenters. The molecule has 2 N–H and O–H groups in total. The first-order valence-electron chi connectivity index (χ1n) is 6.48. The van der Waals surface area contributed by atoms with Gasteiger partial charge in [-0.25, -0.2) is 4.98 Å². The number of hydrogen-bond donors (Lipinski definition) is 1. The van der Waals surface area contributed by atoms with Crippen LogP contribution in [0.2, 0.25) is 0 Å². The van der Waals surface area contributed by atoms with E-state index in [0.29, 0.717) is 18.9 Å². The summed E-state index contributed by atoms with van der Waals surface area (Å²) < 4.78 is 42.9. The topological polar surface area (TPSA) is 51.4 Å². The highest BCUT2D eigenvalue weighted by Gasteiger charge is 2.32. The van der Waals surface area contributed by atoms with E-state index in [0.717, 1.165) is 25.1 Å². The highest BCUT2D eigenvalue weighted by atomic mass is 19.4. The third-order valence-electron chi connectivity index (χ3n) is 3.64. The third kappa shape index (κ3) is 3.21. The van der Waals surface area contributed by atoms with Crippen LogP contribution in [0.1, 0.15) is 18.4 Å². The first-order chi connectivity index (χ1) is 9.45. The van der Waals surface area contributed by atoms with Gasteiger partial charge in [0, 0.05) is 32.4 Å². The van der Waals surface area contributed by atoms with E-state index in [4.69, 9.17) is 10.5 Å². The van der Waals surface area contributed by atoms with Gasteiger partial charge in [-0.2, -0.15) is 13.2 Å². The molecule has 2 heterocycles. The highest BCUT2D eigenvalue weighted by Crippen LogP contribution is 2.30. The summed E-state index contributed by atoms with van der Waals surface area (Å²) in [6, 6.07) is 2.50.